The van der Waals surface area contributed by atoms with Crippen LogP contribution in [0.5, 0.6) is 11.5 Å². The van der Waals surface area contributed by atoms with Crippen molar-refractivity contribution in [3.05, 3.63) is 29.3 Å². The maximum absolute atomic E-state index is 12.8. The van der Waals surface area contributed by atoms with Gasteiger partial charge in [0.2, 0.25) is 12.2 Å². The highest BCUT2D eigenvalue weighted by atomic mass is 16.7. The van der Waals surface area contributed by atoms with E-state index in [0.717, 1.165) is 0 Å². The molecule has 0 bridgehead atoms. The van der Waals surface area contributed by atoms with Crippen molar-refractivity contribution in [1.82, 2.24) is 5.32 Å². The second kappa shape index (κ2) is 12.1. The topological polar surface area (TPSA) is 229 Å². The van der Waals surface area contributed by atoms with Crippen molar-refractivity contribution in [3.8, 4) is 11.5 Å². The molecule has 4 rings (SSSR count). The lowest BCUT2D eigenvalue weighted by atomic mass is 9.83. The van der Waals surface area contributed by atoms with E-state index in [1.165, 1.54) is 38.3 Å². The summed E-state index contributed by atoms with van der Waals surface area (Å²) >= 11 is 0. The van der Waals surface area contributed by atoms with Gasteiger partial charge in [0.15, 0.2) is 11.5 Å². The quantitative estimate of drug-likeness (QED) is 0.0904. The third kappa shape index (κ3) is 5.86. The number of fused-ring (bicyclic) bond motifs is 1. The van der Waals surface area contributed by atoms with Gasteiger partial charge in [-0.2, -0.15) is 0 Å². The van der Waals surface area contributed by atoms with E-state index < -0.39 is 73.7 Å². The summed E-state index contributed by atoms with van der Waals surface area (Å²) < 4.78 is 21.4. The molecule has 39 heavy (non-hydrogen) atoms. The standard InChI is InChI=1S/C24H32N2O13/c1-9(23(34)25-14-15(29)17(31)22-21(16(14)30)36-8-37-22)5-10-3-4-13(12(28)6-10)38-24-19(33)18(32)20(39-24)11(7-27)26-35-2/h3-6,14-22,24,27-33H,7-8H2,1-2H3,(H,25,34)/b9-5+,26-11+/t14?,15-,16+,17+,18-,19-,20+,21-,22+,24+/m0/s1. The van der Waals surface area contributed by atoms with Crippen molar-refractivity contribution >= 4 is 17.7 Å². The second-order valence-corrected chi connectivity index (χ2v) is 9.35. The Balaban J connectivity index is 1.41. The number of nitrogens with zero attached hydrogens (tertiary/aromatic N) is 1. The highest BCUT2D eigenvalue weighted by Crippen LogP contribution is 2.33. The van der Waals surface area contributed by atoms with Gasteiger partial charge in [-0.05, 0) is 30.7 Å². The molecule has 3 aliphatic rings. The Labute approximate surface area is 222 Å². The smallest absolute Gasteiger partial charge is 0.247 e. The van der Waals surface area contributed by atoms with Crippen LogP contribution >= 0.6 is 0 Å². The summed E-state index contributed by atoms with van der Waals surface area (Å²) in [5, 5.41) is 77.6. The predicted octanol–water partition coefficient (Wildman–Crippen LogP) is -3.06. The first kappa shape index (κ1) is 29.1. The molecule has 1 aliphatic carbocycles. The lowest BCUT2D eigenvalue weighted by molar-refractivity contribution is -0.155. The van der Waals surface area contributed by atoms with Crippen LogP contribution in [0.4, 0.5) is 0 Å². The lowest BCUT2D eigenvalue weighted by Gasteiger charge is -2.41. The Morgan fingerprint density at radius 1 is 1.08 bits per heavy atom. The Morgan fingerprint density at radius 3 is 2.41 bits per heavy atom. The van der Waals surface area contributed by atoms with E-state index in [2.05, 4.69) is 15.3 Å². The highest BCUT2D eigenvalue weighted by molar-refractivity contribution is 5.97. The van der Waals surface area contributed by atoms with E-state index in [9.17, 15) is 40.5 Å². The van der Waals surface area contributed by atoms with E-state index >= 15 is 0 Å². The van der Waals surface area contributed by atoms with Crippen LogP contribution in [-0.2, 0) is 23.8 Å². The number of carbonyl (C=O) groups excluding carboxylic acids is 1. The molecule has 1 saturated carbocycles. The first-order valence-electron chi connectivity index (χ1n) is 12.1. The molecule has 15 nitrogen and oxygen atoms in total. The minimum Gasteiger partial charge on any atom is -0.504 e. The molecule has 1 aromatic carbocycles. The van der Waals surface area contributed by atoms with E-state index in [-0.39, 0.29) is 29.6 Å². The summed E-state index contributed by atoms with van der Waals surface area (Å²) in [6, 6.07) is 2.89. The predicted molar refractivity (Wildman–Crippen MR) is 129 cm³/mol. The monoisotopic (exact) mass is 556 g/mol. The molecule has 0 spiro atoms. The number of carbonyl (C=O) groups is 1. The molecule has 1 amide bonds. The van der Waals surface area contributed by atoms with Crippen LogP contribution in [0.3, 0.4) is 0 Å². The van der Waals surface area contributed by atoms with E-state index in [0.29, 0.717) is 5.56 Å². The van der Waals surface area contributed by atoms with Crippen LogP contribution in [0, 0.1) is 0 Å². The van der Waals surface area contributed by atoms with Gasteiger partial charge in [-0.25, -0.2) is 0 Å². The number of aliphatic hydroxyl groups excluding tert-OH is 6. The molecule has 0 radical (unpaired) electrons. The van der Waals surface area contributed by atoms with E-state index in [1.54, 1.807) is 0 Å². The summed E-state index contributed by atoms with van der Waals surface area (Å²) in [6.45, 7) is 0.714. The van der Waals surface area contributed by atoms with Gasteiger partial charge in [0.25, 0.3) is 0 Å². The molecule has 216 valence electrons. The highest BCUT2D eigenvalue weighted by Gasteiger charge is 2.53. The van der Waals surface area contributed by atoms with Gasteiger partial charge in [0.1, 0.15) is 68.4 Å². The number of hydrogen-bond donors (Lipinski definition) is 8. The molecule has 1 unspecified atom stereocenters. The fourth-order valence-electron chi connectivity index (χ4n) is 4.69. The fourth-order valence-corrected chi connectivity index (χ4v) is 4.69. The lowest BCUT2D eigenvalue weighted by Crippen LogP contribution is -2.67. The SMILES string of the molecule is CO/N=C(\CO)[C@H]1O[C@@H](Oc2ccc(/C=C(\C)C(=O)NC3[C@@H](O)[C@@H]4OCO[C@@H]4[C@H](O)[C@H]3O)cc2O)[C@@H](O)[C@@H]1O. The summed E-state index contributed by atoms with van der Waals surface area (Å²) in [4.78, 5) is 17.4. The number of rotatable bonds is 8. The van der Waals surface area contributed by atoms with Gasteiger partial charge in [-0.1, -0.05) is 11.2 Å². The number of aliphatic hydroxyl groups is 6. The van der Waals surface area contributed by atoms with Crippen molar-refractivity contribution in [2.45, 2.75) is 68.1 Å². The summed E-state index contributed by atoms with van der Waals surface area (Å²) in [5.41, 5.74) is 0.461. The first-order chi connectivity index (χ1) is 18.6. The Kier molecular flexibility index (Phi) is 9.05. The van der Waals surface area contributed by atoms with E-state index in [1.807, 2.05) is 0 Å². The number of oxime groups is 1. The third-order valence-corrected chi connectivity index (χ3v) is 6.79. The molecule has 2 aliphatic heterocycles. The molecule has 8 N–H and O–H groups in total. The zero-order valence-electron chi connectivity index (χ0n) is 21.0. The molecule has 10 atom stereocenters. The van der Waals surface area contributed by atoms with Gasteiger partial charge in [0.05, 0.1) is 12.6 Å². The van der Waals surface area contributed by atoms with Crippen LogP contribution in [0.2, 0.25) is 0 Å². The number of phenolic OH excluding ortho intramolecular Hbond substituents is 1. The summed E-state index contributed by atoms with van der Waals surface area (Å²) in [7, 11) is 1.24. The second-order valence-electron chi connectivity index (χ2n) is 9.35. The Bertz CT molecular complexity index is 1100. The zero-order chi connectivity index (χ0) is 28.4. The zero-order valence-corrected chi connectivity index (χ0v) is 21.0. The van der Waals surface area contributed by atoms with Crippen LogP contribution in [0.25, 0.3) is 6.08 Å². The van der Waals surface area contributed by atoms with Crippen molar-refractivity contribution in [3.63, 3.8) is 0 Å². The molecule has 1 aromatic rings. The number of benzene rings is 1. The van der Waals surface area contributed by atoms with Crippen molar-refractivity contribution < 1.29 is 64.3 Å². The normalized spacial score (nSPS) is 36.9. The minimum atomic E-state index is -1.53. The molecular weight excluding hydrogens is 524 g/mol. The summed E-state index contributed by atoms with van der Waals surface area (Å²) in [6.07, 6.45) is -10.2. The van der Waals surface area contributed by atoms with Gasteiger partial charge in [-0.15, -0.1) is 0 Å². The number of amides is 1. The molecule has 2 heterocycles. The first-order valence-corrected chi connectivity index (χ1v) is 12.1. The third-order valence-electron chi connectivity index (χ3n) is 6.79. The molecule has 0 aromatic heterocycles. The Morgan fingerprint density at radius 2 is 1.77 bits per heavy atom. The van der Waals surface area contributed by atoms with Crippen LogP contribution in [0.15, 0.2) is 28.9 Å². The van der Waals surface area contributed by atoms with Crippen molar-refractivity contribution in [2.24, 2.45) is 5.16 Å². The Hall–Kier alpha value is -2.86. The number of hydrogen-bond acceptors (Lipinski definition) is 14. The minimum absolute atomic E-state index is 0.0692. The summed E-state index contributed by atoms with van der Waals surface area (Å²) in [5.74, 6) is -1.12. The fraction of sp³-hybridized carbons (Fsp3) is 0.583. The van der Waals surface area contributed by atoms with Crippen molar-refractivity contribution in [1.29, 1.82) is 0 Å². The number of phenols is 1. The van der Waals surface area contributed by atoms with Crippen LogP contribution in [-0.4, -0.2) is 129 Å². The maximum Gasteiger partial charge on any atom is 0.247 e. The number of aromatic hydroxyl groups is 1. The average Bonchev–Trinajstić information content (AvgIpc) is 3.51. The van der Waals surface area contributed by atoms with Gasteiger partial charge in [-0.3, -0.25) is 4.79 Å². The van der Waals surface area contributed by atoms with Gasteiger partial charge < -0.3 is 64.8 Å². The molecule has 2 saturated heterocycles. The largest absolute Gasteiger partial charge is 0.504 e. The van der Waals surface area contributed by atoms with Crippen molar-refractivity contribution in [2.75, 3.05) is 20.5 Å². The number of nitrogens with one attached hydrogen (secondary N) is 1. The van der Waals surface area contributed by atoms with Gasteiger partial charge >= 0.3 is 0 Å². The van der Waals surface area contributed by atoms with Crippen LogP contribution in [0.1, 0.15) is 12.5 Å². The number of ether oxygens (including phenoxy) is 4. The molecule has 3 fully saturated rings. The molecular formula is C24H32N2O13. The van der Waals surface area contributed by atoms with E-state index in [4.69, 9.17) is 18.9 Å². The molecule has 15 heteroatoms. The van der Waals surface area contributed by atoms with Crippen LogP contribution < -0.4 is 10.1 Å². The average molecular weight is 557 g/mol. The maximum atomic E-state index is 12.8. The van der Waals surface area contributed by atoms with Gasteiger partial charge in [0, 0.05) is 5.57 Å².